The zero-order chi connectivity index (χ0) is 17.1. The first-order valence-electron chi connectivity index (χ1n) is 7.82. The molecular weight excluding hydrogens is 304 g/mol. The van der Waals surface area contributed by atoms with Gasteiger partial charge in [0, 0.05) is 25.8 Å². The second-order valence-corrected chi connectivity index (χ2v) is 5.52. The number of fused-ring (bicyclic) bond motifs is 1. The van der Waals surface area contributed by atoms with Crippen molar-refractivity contribution in [1.82, 2.24) is 24.8 Å². The first-order valence-corrected chi connectivity index (χ1v) is 7.82. The fraction of sp³-hybridized carbons (Fsp3) is 0.294. The van der Waals surface area contributed by atoms with Crippen molar-refractivity contribution in [3.63, 3.8) is 0 Å². The smallest absolute Gasteiger partial charge is 0.270 e. The molecule has 0 saturated carbocycles. The number of anilines is 1. The Balaban J connectivity index is 1.68. The lowest BCUT2D eigenvalue weighted by Crippen LogP contribution is -2.28. The normalized spacial score (nSPS) is 10.8. The monoisotopic (exact) mass is 324 g/mol. The Labute approximate surface area is 140 Å². The Hall–Kier alpha value is -2.96. The number of amides is 1. The van der Waals surface area contributed by atoms with E-state index < -0.39 is 0 Å². The van der Waals surface area contributed by atoms with Gasteiger partial charge in [-0.25, -0.2) is 15.0 Å². The number of benzene rings is 1. The first-order chi connectivity index (χ1) is 11.6. The predicted molar refractivity (Wildman–Crippen MR) is 93.1 cm³/mol. The minimum absolute atomic E-state index is 0.209. The number of nitrogens with one attached hydrogen (secondary N) is 2. The van der Waals surface area contributed by atoms with Crippen molar-refractivity contribution in [3.05, 3.63) is 47.5 Å². The number of aryl methyl sites for hydroxylation is 2. The topological polar surface area (TPSA) is 84.7 Å². The highest BCUT2D eigenvalue weighted by molar-refractivity contribution is 5.92. The third kappa shape index (κ3) is 3.19. The van der Waals surface area contributed by atoms with Gasteiger partial charge in [-0.1, -0.05) is 12.1 Å². The number of nitrogens with zero attached hydrogens (tertiary/aromatic N) is 4. The highest BCUT2D eigenvalue weighted by Gasteiger charge is 2.11. The van der Waals surface area contributed by atoms with Gasteiger partial charge >= 0.3 is 0 Å². The highest BCUT2D eigenvalue weighted by atomic mass is 16.1. The molecule has 1 amide bonds. The fourth-order valence-electron chi connectivity index (χ4n) is 2.65. The van der Waals surface area contributed by atoms with Crippen LogP contribution in [-0.4, -0.2) is 39.0 Å². The van der Waals surface area contributed by atoms with Gasteiger partial charge in [0.05, 0.1) is 11.0 Å². The molecule has 1 aromatic carbocycles. The lowest BCUT2D eigenvalue weighted by molar-refractivity contribution is 0.0947. The molecule has 124 valence electrons. The van der Waals surface area contributed by atoms with Crippen LogP contribution in [-0.2, 0) is 6.54 Å². The quantitative estimate of drug-likeness (QED) is 0.749. The molecule has 3 rings (SSSR count). The maximum atomic E-state index is 12.3. The number of carbonyl (C=O) groups is 1. The Kier molecular flexibility index (Phi) is 4.41. The van der Waals surface area contributed by atoms with Crippen molar-refractivity contribution in [2.45, 2.75) is 20.4 Å². The lowest BCUT2D eigenvalue weighted by Gasteiger charge is -2.09. The summed E-state index contributed by atoms with van der Waals surface area (Å²) in [6.07, 6.45) is 0. The molecule has 0 aliphatic carbocycles. The van der Waals surface area contributed by atoms with Gasteiger partial charge in [-0.05, 0) is 32.0 Å². The molecule has 0 atom stereocenters. The number of hydrogen-bond acceptors (Lipinski definition) is 5. The molecular formula is C17H20N6O. The van der Waals surface area contributed by atoms with Crippen molar-refractivity contribution < 1.29 is 4.79 Å². The molecule has 2 N–H and O–H groups in total. The SMILES string of the molecule is CNc1nc(C)cc(C(=O)NCCn2c(C)nc3ccccc32)n1. The summed E-state index contributed by atoms with van der Waals surface area (Å²) in [5, 5.41) is 5.76. The van der Waals surface area contributed by atoms with Gasteiger partial charge in [0.1, 0.15) is 11.5 Å². The molecule has 0 unspecified atom stereocenters. The molecule has 3 aromatic rings. The standard InChI is InChI=1S/C17H20N6O/c1-11-10-14(22-17(18-3)20-11)16(24)19-8-9-23-12(2)21-13-6-4-5-7-15(13)23/h4-7,10H,8-9H2,1-3H3,(H,19,24)(H,18,20,22). The van der Waals surface area contributed by atoms with Gasteiger partial charge in [-0.2, -0.15) is 0 Å². The van der Waals surface area contributed by atoms with Crippen LogP contribution in [0.5, 0.6) is 0 Å². The van der Waals surface area contributed by atoms with Crippen LogP contribution in [0.4, 0.5) is 5.95 Å². The number of hydrogen-bond donors (Lipinski definition) is 2. The molecule has 2 heterocycles. The van der Waals surface area contributed by atoms with E-state index in [1.807, 2.05) is 38.1 Å². The molecule has 7 nitrogen and oxygen atoms in total. The first kappa shape index (κ1) is 15.9. The van der Waals surface area contributed by atoms with Crippen LogP contribution in [0.25, 0.3) is 11.0 Å². The van der Waals surface area contributed by atoms with Crippen molar-refractivity contribution in [2.24, 2.45) is 0 Å². The number of rotatable bonds is 5. The fourth-order valence-corrected chi connectivity index (χ4v) is 2.65. The van der Waals surface area contributed by atoms with E-state index in [1.54, 1.807) is 13.1 Å². The van der Waals surface area contributed by atoms with E-state index in [0.29, 0.717) is 24.7 Å². The summed E-state index contributed by atoms with van der Waals surface area (Å²) in [5.74, 6) is 1.16. The van der Waals surface area contributed by atoms with E-state index in [-0.39, 0.29) is 5.91 Å². The van der Waals surface area contributed by atoms with E-state index >= 15 is 0 Å². The second-order valence-electron chi connectivity index (χ2n) is 5.52. The summed E-state index contributed by atoms with van der Waals surface area (Å²) in [7, 11) is 1.73. The Morgan fingerprint density at radius 2 is 1.96 bits per heavy atom. The molecule has 2 aromatic heterocycles. The van der Waals surface area contributed by atoms with Crippen molar-refractivity contribution in [2.75, 3.05) is 18.9 Å². The molecule has 24 heavy (non-hydrogen) atoms. The molecule has 0 fully saturated rings. The highest BCUT2D eigenvalue weighted by Crippen LogP contribution is 2.14. The van der Waals surface area contributed by atoms with Gasteiger partial charge in [0.2, 0.25) is 5.95 Å². The van der Waals surface area contributed by atoms with Crippen LogP contribution in [0.15, 0.2) is 30.3 Å². The number of para-hydroxylation sites is 2. The maximum absolute atomic E-state index is 12.3. The Morgan fingerprint density at radius 1 is 1.17 bits per heavy atom. The van der Waals surface area contributed by atoms with E-state index in [2.05, 4.69) is 30.2 Å². The summed E-state index contributed by atoms with van der Waals surface area (Å²) < 4.78 is 2.10. The second kappa shape index (κ2) is 6.66. The van der Waals surface area contributed by atoms with Gasteiger partial charge in [-0.15, -0.1) is 0 Å². The molecule has 0 aliphatic heterocycles. The molecule has 7 heteroatoms. The molecule has 0 saturated heterocycles. The van der Waals surface area contributed by atoms with Gasteiger partial charge in [0.25, 0.3) is 5.91 Å². The average molecular weight is 324 g/mol. The number of imidazole rings is 1. The average Bonchev–Trinajstić information content (AvgIpc) is 2.90. The van der Waals surface area contributed by atoms with E-state index in [9.17, 15) is 4.79 Å². The zero-order valence-corrected chi connectivity index (χ0v) is 14.0. The summed E-state index contributed by atoms with van der Waals surface area (Å²) >= 11 is 0. The van der Waals surface area contributed by atoms with Crippen LogP contribution in [0.3, 0.4) is 0 Å². The minimum Gasteiger partial charge on any atom is -0.357 e. The van der Waals surface area contributed by atoms with Gasteiger partial charge in [0.15, 0.2) is 0 Å². The van der Waals surface area contributed by atoms with Crippen LogP contribution >= 0.6 is 0 Å². The van der Waals surface area contributed by atoms with Crippen LogP contribution in [0.1, 0.15) is 22.0 Å². The zero-order valence-electron chi connectivity index (χ0n) is 14.0. The summed E-state index contributed by atoms with van der Waals surface area (Å²) in [6, 6.07) is 9.65. The van der Waals surface area contributed by atoms with E-state index in [4.69, 9.17) is 0 Å². The predicted octanol–water partition coefficient (Wildman–Crippen LogP) is 1.91. The molecule has 0 spiro atoms. The maximum Gasteiger partial charge on any atom is 0.270 e. The minimum atomic E-state index is -0.209. The molecule has 0 aliphatic rings. The number of aromatic nitrogens is 4. The van der Waals surface area contributed by atoms with Crippen LogP contribution in [0, 0.1) is 13.8 Å². The van der Waals surface area contributed by atoms with Crippen molar-refractivity contribution in [3.8, 4) is 0 Å². The van der Waals surface area contributed by atoms with E-state index in [1.165, 1.54) is 0 Å². The van der Waals surface area contributed by atoms with Crippen molar-refractivity contribution in [1.29, 1.82) is 0 Å². The van der Waals surface area contributed by atoms with Crippen molar-refractivity contribution >= 4 is 22.9 Å². The van der Waals surface area contributed by atoms with E-state index in [0.717, 1.165) is 22.6 Å². The largest absolute Gasteiger partial charge is 0.357 e. The third-order valence-electron chi connectivity index (χ3n) is 3.78. The summed E-state index contributed by atoms with van der Waals surface area (Å²) in [6.45, 7) is 4.95. The molecule has 0 radical (unpaired) electrons. The van der Waals surface area contributed by atoms with Gasteiger partial charge in [-0.3, -0.25) is 4.79 Å². The molecule has 0 bridgehead atoms. The third-order valence-corrected chi connectivity index (χ3v) is 3.78. The van der Waals surface area contributed by atoms with Gasteiger partial charge < -0.3 is 15.2 Å². The van der Waals surface area contributed by atoms with Crippen LogP contribution in [0.2, 0.25) is 0 Å². The lowest BCUT2D eigenvalue weighted by atomic mass is 10.3. The summed E-state index contributed by atoms with van der Waals surface area (Å²) in [5.41, 5.74) is 3.14. The summed E-state index contributed by atoms with van der Waals surface area (Å²) in [4.78, 5) is 25.2. The number of carbonyl (C=O) groups excluding carboxylic acids is 1. The van der Waals surface area contributed by atoms with Crippen LogP contribution < -0.4 is 10.6 Å². The Bertz CT molecular complexity index is 886. The Morgan fingerprint density at radius 3 is 2.75 bits per heavy atom.